The van der Waals surface area contributed by atoms with Crippen LogP contribution in [0.2, 0.25) is 0 Å². The Balaban J connectivity index is 2.81. The van der Waals surface area contributed by atoms with E-state index in [1.807, 2.05) is 0 Å². The summed E-state index contributed by atoms with van der Waals surface area (Å²) in [5.41, 5.74) is 1.10. The predicted molar refractivity (Wildman–Crippen MR) is 62.9 cm³/mol. The number of nitrogens with one attached hydrogen (secondary N) is 1. The number of anilines is 1. The quantitative estimate of drug-likeness (QED) is 0.825. The molecule has 0 radical (unpaired) electrons. The van der Waals surface area contributed by atoms with Gasteiger partial charge in [0, 0.05) is 11.8 Å². The second-order valence-corrected chi connectivity index (χ2v) is 3.75. The standard InChI is InChI=1S/C12H15F2NO3/c1-7-4-5-9(6-10(7)18-12(13)14)15-8(2)11(16)17-3/h4-6,8,12,15H,1-3H3/t8-/m0/s1. The third-order valence-corrected chi connectivity index (χ3v) is 2.34. The van der Waals surface area contributed by atoms with Gasteiger partial charge in [0.25, 0.3) is 0 Å². The Morgan fingerprint density at radius 3 is 2.61 bits per heavy atom. The predicted octanol–water partition coefficient (Wildman–Crippen LogP) is 2.57. The molecule has 100 valence electrons. The van der Waals surface area contributed by atoms with Crippen LogP contribution in [0.5, 0.6) is 5.75 Å². The maximum Gasteiger partial charge on any atom is 0.387 e. The minimum atomic E-state index is -2.88. The molecule has 0 fully saturated rings. The molecule has 0 aromatic heterocycles. The number of methoxy groups -OCH3 is 1. The van der Waals surface area contributed by atoms with Gasteiger partial charge in [-0.3, -0.25) is 0 Å². The molecule has 0 amide bonds. The van der Waals surface area contributed by atoms with Gasteiger partial charge in [-0.15, -0.1) is 0 Å². The van der Waals surface area contributed by atoms with Gasteiger partial charge in [0.05, 0.1) is 7.11 Å². The van der Waals surface area contributed by atoms with Crippen molar-refractivity contribution >= 4 is 11.7 Å². The summed E-state index contributed by atoms with van der Waals surface area (Å²) in [7, 11) is 1.28. The molecule has 0 heterocycles. The van der Waals surface area contributed by atoms with Gasteiger partial charge in [0.15, 0.2) is 0 Å². The number of halogens is 2. The first-order valence-corrected chi connectivity index (χ1v) is 5.34. The normalized spacial score (nSPS) is 12.1. The number of carbonyl (C=O) groups excluding carboxylic acids is 1. The number of hydrogen-bond acceptors (Lipinski definition) is 4. The minimum absolute atomic E-state index is 0.0760. The van der Waals surface area contributed by atoms with Crippen LogP contribution < -0.4 is 10.1 Å². The zero-order valence-electron chi connectivity index (χ0n) is 10.4. The largest absolute Gasteiger partial charge is 0.467 e. The molecule has 1 atom stereocenters. The molecule has 1 rings (SSSR count). The number of benzene rings is 1. The van der Waals surface area contributed by atoms with Gasteiger partial charge in [-0.1, -0.05) is 6.07 Å². The molecule has 0 saturated heterocycles. The molecule has 18 heavy (non-hydrogen) atoms. The first-order valence-electron chi connectivity index (χ1n) is 5.34. The average molecular weight is 259 g/mol. The summed E-state index contributed by atoms with van der Waals surface area (Å²) in [6, 6.07) is 4.15. The van der Waals surface area contributed by atoms with E-state index in [2.05, 4.69) is 14.8 Å². The Morgan fingerprint density at radius 1 is 1.39 bits per heavy atom. The summed E-state index contributed by atoms with van der Waals surface area (Å²) in [6.07, 6.45) is 0. The number of hydrogen-bond donors (Lipinski definition) is 1. The molecule has 0 bridgehead atoms. The van der Waals surface area contributed by atoms with Crippen molar-refractivity contribution in [2.24, 2.45) is 0 Å². The summed E-state index contributed by atoms with van der Waals surface area (Å²) < 4.78 is 33.2. The van der Waals surface area contributed by atoms with Crippen LogP contribution in [0.3, 0.4) is 0 Å². The summed E-state index contributed by atoms with van der Waals surface area (Å²) >= 11 is 0. The molecule has 6 heteroatoms. The Labute approximate surface area is 104 Å². The van der Waals surface area contributed by atoms with E-state index in [-0.39, 0.29) is 5.75 Å². The number of carbonyl (C=O) groups is 1. The molecular weight excluding hydrogens is 244 g/mol. The van der Waals surface area contributed by atoms with E-state index in [0.29, 0.717) is 11.3 Å². The molecule has 0 aliphatic rings. The zero-order chi connectivity index (χ0) is 13.7. The van der Waals surface area contributed by atoms with Crippen LogP contribution in [0.15, 0.2) is 18.2 Å². The van der Waals surface area contributed by atoms with Gasteiger partial charge >= 0.3 is 12.6 Å². The maximum atomic E-state index is 12.2. The molecule has 0 spiro atoms. The van der Waals surface area contributed by atoms with Gasteiger partial charge in [0.2, 0.25) is 0 Å². The van der Waals surface area contributed by atoms with Crippen LogP contribution in [0.1, 0.15) is 12.5 Å². The number of esters is 1. The first-order chi connectivity index (χ1) is 8.43. The van der Waals surface area contributed by atoms with Crippen molar-refractivity contribution in [2.75, 3.05) is 12.4 Å². The lowest BCUT2D eigenvalue weighted by atomic mass is 10.2. The molecule has 0 aliphatic heterocycles. The van der Waals surface area contributed by atoms with Crippen LogP contribution >= 0.6 is 0 Å². The van der Waals surface area contributed by atoms with Crippen molar-refractivity contribution < 1.29 is 23.0 Å². The molecule has 0 aliphatic carbocycles. The summed E-state index contributed by atoms with van der Waals surface area (Å²) in [6.45, 7) is 0.391. The van der Waals surface area contributed by atoms with Gasteiger partial charge < -0.3 is 14.8 Å². The monoisotopic (exact) mass is 259 g/mol. The SMILES string of the molecule is COC(=O)[C@H](C)Nc1ccc(C)c(OC(F)F)c1. The number of ether oxygens (including phenoxy) is 2. The highest BCUT2D eigenvalue weighted by atomic mass is 19.3. The third kappa shape index (κ3) is 3.87. The highest BCUT2D eigenvalue weighted by molar-refractivity contribution is 5.78. The van der Waals surface area contributed by atoms with E-state index in [1.165, 1.54) is 13.2 Å². The summed E-state index contributed by atoms with van der Waals surface area (Å²) in [4.78, 5) is 11.2. The smallest absolute Gasteiger partial charge is 0.387 e. The summed E-state index contributed by atoms with van der Waals surface area (Å²) in [5.74, 6) is -0.362. The molecule has 1 aromatic carbocycles. The highest BCUT2D eigenvalue weighted by Gasteiger charge is 2.14. The molecule has 0 saturated carbocycles. The minimum Gasteiger partial charge on any atom is -0.467 e. The number of rotatable bonds is 5. The molecule has 0 unspecified atom stereocenters. The van der Waals surface area contributed by atoms with Crippen LogP contribution in [0.4, 0.5) is 14.5 Å². The highest BCUT2D eigenvalue weighted by Crippen LogP contribution is 2.24. The van der Waals surface area contributed by atoms with E-state index < -0.39 is 18.6 Å². The van der Waals surface area contributed by atoms with E-state index in [9.17, 15) is 13.6 Å². The second-order valence-electron chi connectivity index (χ2n) is 3.75. The van der Waals surface area contributed by atoms with Crippen LogP contribution in [-0.2, 0) is 9.53 Å². The third-order valence-electron chi connectivity index (χ3n) is 2.34. The number of alkyl halides is 2. The lowest BCUT2D eigenvalue weighted by molar-refractivity contribution is -0.141. The fourth-order valence-electron chi connectivity index (χ4n) is 1.40. The fraction of sp³-hybridized carbons (Fsp3) is 0.417. The van der Waals surface area contributed by atoms with Crippen molar-refractivity contribution in [3.8, 4) is 5.75 Å². The van der Waals surface area contributed by atoms with E-state index in [1.54, 1.807) is 26.0 Å². The van der Waals surface area contributed by atoms with Gasteiger partial charge in [-0.25, -0.2) is 4.79 Å². The number of aryl methyl sites for hydroxylation is 1. The molecule has 4 nitrogen and oxygen atoms in total. The van der Waals surface area contributed by atoms with Crippen molar-refractivity contribution in [3.63, 3.8) is 0 Å². The van der Waals surface area contributed by atoms with E-state index in [4.69, 9.17) is 0 Å². The Morgan fingerprint density at radius 2 is 2.06 bits per heavy atom. The first kappa shape index (κ1) is 14.2. The van der Waals surface area contributed by atoms with Gasteiger partial charge in [-0.05, 0) is 25.5 Å². The van der Waals surface area contributed by atoms with Crippen molar-refractivity contribution in [3.05, 3.63) is 23.8 Å². The lowest BCUT2D eigenvalue weighted by Gasteiger charge is -2.15. The average Bonchev–Trinajstić information content (AvgIpc) is 2.31. The van der Waals surface area contributed by atoms with E-state index >= 15 is 0 Å². The molecule has 1 N–H and O–H groups in total. The van der Waals surface area contributed by atoms with E-state index in [0.717, 1.165) is 0 Å². The Bertz CT molecular complexity index is 424. The molecule has 1 aromatic rings. The summed E-state index contributed by atoms with van der Waals surface area (Å²) in [5, 5.41) is 2.83. The Hall–Kier alpha value is -1.85. The fourth-order valence-corrected chi connectivity index (χ4v) is 1.40. The zero-order valence-corrected chi connectivity index (χ0v) is 10.4. The van der Waals surface area contributed by atoms with Crippen LogP contribution in [0, 0.1) is 6.92 Å². The van der Waals surface area contributed by atoms with Crippen LogP contribution in [0.25, 0.3) is 0 Å². The van der Waals surface area contributed by atoms with Crippen molar-refractivity contribution in [1.29, 1.82) is 0 Å². The van der Waals surface area contributed by atoms with Gasteiger partial charge in [0.1, 0.15) is 11.8 Å². The van der Waals surface area contributed by atoms with Crippen molar-refractivity contribution in [2.45, 2.75) is 26.5 Å². The maximum absolute atomic E-state index is 12.2. The topological polar surface area (TPSA) is 47.6 Å². The second kappa shape index (κ2) is 6.18. The lowest BCUT2D eigenvalue weighted by Crippen LogP contribution is -2.27. The van der Waals surface area contributed by atoms with Gasteiger partial charge in [-0.2, -0.15) is 8.78 Å². The molecular formula is C12H15F2NO3. The van der Waals surface area contributed by atoms with Crippen molar-refractivity contribution in [1.82, 2.24) is 0 Å². The Kier molecular flexibility index (Phi) is 4.88. The van der Waals surface area contributed by atoms with Crippen LogP contribution in [-0.4, -0.2) is 25.7 Å².